The van der Waals surface area contributed by atoms with Crippen LogP contribution in [0.25, 0.3) is 33.6 Å². The van der Waals surface area contributed by atoms with Crippen molar-refractivity contribution in [3.8, 4) is 39.4 Å². The largest absolute Gasteiger partial charge is 0.496 e. The number of nitrogens with two attached hydrogens (primary N) is 1. The van der Waals surface area contributed by atoms with Crippen LogP contribution in [0.1, 0.15) is 29.6 Å². The van der Waals surface area contributed by atoms with E-state index in [1.165, 1.54) is 40.8 Å². The number of benzene rings is 4. The number of nitrogens with zero attached hydrogens (tertiary/aromatic N) is 2. The minimum absolute atomic E-state index is 0.0177. The van der Waals surface area contributed by atoms with E-state index in [1.807, 2.05) is 7.05 Å². The molecule has 1 saturated heterocycles. The van der Waals surface area contributed by atoms with E-state index >= 15 is 0 Å². The van der Waals surface area contributed by atoms with Crippen LogP contribution in [0, 0.1) is 0 Å². The number of carbonyl (C=O) groups excluding carboxylic acids is 1. The van der Waals surface area contributed by atoms with Crippen molar-refractivity contribution in [2.75, 3.05) is 39.5 Å². The Hall–Kier alpha value is -4.69. The van der Waals surface area contributed by atoms with Crippen molar-refractivity contribution >= 4 is 23.2 Å². The van der Waals surface area contributed by atoms with Crippen molar-refractivity contribution in [2.24, 2.45) is 0 Å². The van der Waals surface area contributed by atoms with Crippen LogP contribution >= 0.6 is 11.6 Å². The molecule has 0 bridgehead atoms. The van der Waals surface area contributed by atoms with E-state index in [0.717, 1.165) is 45.4 Å². The predicted molar refractivity (Wildman–Crippen MR) is 200 cm³/mol. The maximum absolute atomic E-state index is 13.3. The maximum Gasteiger partial charge on any atom is 0.255 e. The first kappa shape index (κ1) is 34.2. The Morgan fingerprint density at radius 2 is 1.43 bits per heavy atom. The zero-order chi connectivity index (χ0) is 34.2. The average molecular weight is 675 g/mol. The SMILES string of the molecule is CNC1CN(CCCC[n+]2c(-c3ccccc3)cc(-c3ccccc3)cc2-c2ccccc2)CCC1NC(=O)c1cc(N)c(Cl)cc1OC. The Morgan fingerprint density at radius 1 is 0.837 bits per heavy atom. The first-order valence-corrected chi connectivity index (χ1v) is 17.4. The van der Waals surface area contributed by atoms with Gasteiger partial charge in [0, 0.05) is 60.9 Å². The molecule has 0 spiro atoms. The second kappa shape index (κ2) is 16.1. The van der Waals surface area contributed by atoms with E-state index in [-0.39, 0.29) is 18.0 Å². The third-order valence-corrected chi connectivity index (χ3v) is 9.79. The number of unbranched alkanes of at least 4 members (excludes halogenated alkanes) is 1. The molecule has 5 aromatic rings. The second-order valence-electron chi connectivity index (χ2n) is 12.6. The Morgan fingerprint density at radius 3 is 2.00 bits per heavy atom. The van der Waals surface area contributed by atoms with E-state index in [4.69, 9.17) is 22.1 Å². The fourth-order valence-corrected chi connectivity index (χ4v) is 6.97. The maximum atomic E-state index is 13.3. The second-order valence-corrected chi connectivity index (χ2v) is 13.0. The number of methoxy groups -OCH3 is 1. The molecule has 8 heteroatoms. The number of anilines is 1. The summed E-state index contributed by atoms with van der Waals surface area (Å²) in [5, 5.41) is 7.02. The number of nitrogens with one attached hydrogen (secondary N) is 2. The number of piperidine rings is 1. The molecule has 2 unspecified atom stereocenters. The van der Waals surface area contributed by atoms with Crippen LogP contribution in [0.15, 0.2) is 115 Å². The minimum atomic E-state index is -0.210. The van der Waals surface area contributed by atoms with E-state index in [9.17, 15) is 4.79 Å². The van der Waals surface area contributed by atoms with Gasteiger partial charge in [-0.1, -0.05) is 78.3 Å². The zero-order valence-electron chi connectivity index (χ0n) is 28.2. The van der Waals surface area contributed by atoms with E-state index < -0.39 is 0 Å². The molecule has 1 amide bonds. The molecule has 0 radical (unpaired) electrons. The third kappa shape index (κ3) is 8.14. The number of nitrogen functional groups attached to an aromatic ring is 1. The van der Waals surface area contributed by atoms with E-state index in [2.05, 4.69) is 123 Å². The summed E-state index contributed by atoms with van der Waals surface area (Å²) >= 11 is 6.16. The average Bonchev–Trinajstić information content (AvgIpc) is 3.15. The molecule has 49 heavy (non-hydrogen) atoms. The van der Waals surface area contributed by atoms with Crippen LogP contribution in [0.5, 0.6) is 5.75 Å². The molecular weight excluding hydrogens is 630 g/mol. The summed E-state index contributed by atoms with van der Waals surface area (Å²) in [5.41, 5.74) is 14.0. The molecule has 1 aromatic heterocycles. The zero-order valence-corrected chi connectivity index (χ0v) is 29.0. The van der Waals surface area contributed by atoms with Gasteiger partial charge >= 0.3 is 0 Å². The van der Waals surface area contributed by atoms with Crippen LogP contribution in [0.3, 0.4) is 0 Å². The van der Waals surface area contributed by atoms with Crippen LogP contribution in [0.2, 0.25) is 5.02 Å². The van der Waals surface area contributed by atoms with Crippen molar-refractivity contribution < 1.29 is 14.1 Å². The van der Waals surface area contributed by atoms with Crippen molar-refractivity contribution in [2.45, 2.75) is 37.9 Å². The predicted octanol–water partition coefficient (Wildman–Crippen LogP) is 7.09. The molecule has 7 nitrogen and oxygen atoms in total. The lowest BCUT2D eigenvalue weighted by Gasteiger charge is -2.39. The lowest BCUT2D eigenvalue weighted by atomic mass is 9.98. The molecule has 0 saturated carbocycles. The summed E-state index contributed by atoms with van der Waals surface area (Å²) in [6.45, 7) is 3.65. The van der Waals surface area contributed by atoms with Gasteiger partial charge in [-0.2, -0.15) is 4.57 Å². The summed E-state index contributed by atoms with van der Waals surface area (Å²) in [5.74, 6) is 0.200. The standard InChI is InChI=1S/C41H44ClN5O2/c1-44-37-28-46(23-20-36(37)45-41(48)33-26-35(43)34(42)27-40(33)49-2)21-12-13-22-47-38(30-16-8-4-9-17-30)24-32(29-14-6-3-7-15-29)25-39(47)31-18-10-5-11-19-31/h3-11,14-19,24-27,36-37,44H,12-13,20-23,28,43H2,1-2H3/p+1. The Bertz CT molecular complexity index is 1790. The lowest BCUT2D eigenvalue weighted by molar-refractivity contribution is -0.675. The molecule has 2 heterocycles. The van der Waals surface area contributed by atoms with Gasteiger partial charge in [-0.25, -0.2) is 0 Å². The first-order chi connectivity index (χ1) is 23.9. The van der Waals surface area contributed by atoms with Crippen LogP contribution < -0.4 is 25.7 Å². The third-order valence-electron chi connectivity index (χ3n) is 9.47. The number of amides is 1. The van der Waals surface area contributed by atoms with Crippen LogP contribution in [-0.2, 0) is 6.54 Å². The van der Waals surface area contributed by atoms with Gasteiger partial charge in [-0.3, -0.25) is 4.79 Å². The van der Waals surface area contributed by atoms with Crippen molar-refractivity contribution in [3.63, 3.8) is 0 Å². The summed E-state index contributed by atoms with van der Waals surface area (Å²) < 4.78 is 7.91. The highest BCUT2D eigenvalue weighted by atomic mass is 35.5. The smallest absolute Gasteiger partial charge is 0.255 e. The van der Waals surface area contributed by atoms with Gasteiger partial charge < -0.3 is 26.0 Å². The number of halogens is 1. The lowest BCUT2D eigenvalue weighted by Crippen LogP contribution is -2.58. The monoisotopic (exact) mass is 674 g/mol. The highest BCUT2D eigenvalue weighted by Gasteiger charge is 2.30. The molecule has 1 fully saturated rings. The fourth-order valence-electron chi connectivity index (χ4n) is 6.81. The number of hydrogen-bond donors (Lipinski definition) is 3. The fraction of sp³-hybridized carbons (Fsp3) is 0.268. The van der Waals surface area contributed by atoms with E-state index in [1.54, 1.807) is 12.1 Å². The van der Waals surface area contributed by atoms with Gasteiger partial charge in [0.05, 0.1) is 23.4 Å². The highest BCUT2D eigenvalue weighted by molar-refractivity contribution is 6.33. The molecule has 4 N–H and O–H groups in total. The van der Waals surface area contributed by atoms with Crippen LogP contribution in [-0.4, -0.2) is 56.7 Å². The Labute approximate surface area is 294 Å². The number of hydrogen-bond acceptors (Lipinski definition) is 5. The van der Waals surface area contributed by atoms with Gasteiger partial charge in [-0.05, 0) is 67.9 Å². The molecule has 0 aliphatic carbocycles. The van der Waals surface area contributed by atoms with Crippen molar-refractivity contribution in [1.82, 2.24) is 15.5 Å². The quantitative estimate of drug-likeness (QED) is 0.0748. The molecular formula is C41H45ClN5O2+. The first-order valence-electron chi connectivity index (χ1n) is 17.0. The molecule has 2 atom stereocenters. The minimum Gasteiger partial charge on any atom is -0.496 e. The molecule has 252 valence electrons. The van der Waals surface area contributed by atoms with Gasteiger partial charge in [0.1, 0.15) is 12.3 Å². The van der Waals surface area contributed by atoms with Gasteiger partial charge in [0.15, 0.2) is 0 Å². The summed E-state index contributed by atoms with van der Waals surface area (Å²) in [6.07, 6.45) is 2.94. The molecule has 6 rings (SSSR count). The topological polar surface area (TPSA) is 83.5 Å². The van der Waals surface area contributed by atoms with Crippen molar-refractivity contribution in [1.29, 1.82) is 0 Å². The number of likely N-dealkylation sites (N-methyl/N-ethyl adjacent to an activating group) is 1. The number of carbonyl (C=O) groups is 1. The number of ether oxygens (including phenoxy) is 1. The normalized spacial score (nSPS) is 16.3. The van der Waals surface area contributed by atoms with Crippen LogP contribution in [0.4, 0.5) is 5.69 Å². The number of likely N-dealkylation sites (tertiary alicyclic amines) is 1. The number of rotatable bonds is 12. The number of aromatic nitrogens is 1. The van der Waals surface area contributed by atoms with Gasteiger partial charge in [-0.15, -0.1) is 0 Å². The van der Waals surface area contributed by atoms with Gasteiger partial charge in [0.2, 0.25) is 11.4 Å². The highest BCUT2D eigenvalue weighted by Crippen LogP contribution is 2.31. The molecule has 1 aliphatic rings. The summed E-state index contributed by atoms with van der Waals surface area (Å²) in [4.78, 5) is 15.8. The molecule has 4 aromatic carbocycles. The molecule has 1 aliphatic heterocycles. The van der Waals surface area contributed by atoms with Gasteiger partial charge in [0.25, 0.3) is 5.91 Å². The number of pyridine rings is 1. The Balaban J connectivity index is 1.15. The summed E-state index contributed by atoms with van der Waals surface area (Å²) in [7, 11) is 3.48. The van der Waals surface area contributed by atoms with Crippen molar-refractivity contribution in [3.05, 3.63) is 126 Å². The Kier molecular flexibility index (Phi) is 11.3. The van der Waals surface area contributed by atoms with E-state index in [0.29, 0.717) is 22.0 Å². The summed E-state index contributed by atoms with van der Waals surface area (Å²) in [6, 6.07) is 40.0.